The molecule has 0 heterocycles. The molecule has 0 nitrogen and oxygen atoms in total. The molecule has 0 radical (unpaired) electrons. The monoisotopic (exact) mass is 304 g/mol. The molecule has 0 atom stereocenters. The average Bonchev–Trinajstić information content (AvgIpc) is 2.55. The molecule has 22 heavy (non-hydrogen) atoms. The molecule has 0 aromatic rings. The van der Waals surface area contributed by atoms with E-state index in [0.29, 0.717) is 0 Å². The van der Waals surface area contributed by atoms with Crippen LogP contribution in [0, 0.1) is 0 Å². The quantitative estimate of drug-likeness (QED) is 0.284. The van der Waals surface area contributed by atoms with Crippen molar-refractivity contribution in [1.82, 2.24) is 0 Å². The smallest absolute Gasteiger partial charge is 0.0279 e. The van der Waals surface area contributed by atoms with Gasteiger partial charge in [0.25, 0.3) is 0 Å². The summed E-state index contributed by atoms with van der Waals surface area (Å²) in [4.78, 5) is 0. The predicted octanol–water partition coefficient (Wildman–Crippen LogP) is 8.13. The minimum absolute atomic E-state index is 1.28. The van der Waals surface area contributed by atoms with Crippen molar-refractivity contribution >= 4 is 0 Å². The molecule has 0 fully saturated rings. The zero-order valence-electron chi connectivity index (χ0n) is 15.5. The van der Waals surface area contributed by atoms with Gasteiger partial charge in [0.2, 0.25) is 0 Å². The highest BCUT2D eigenvalue weighted by molar-refractivity contribution is 5.29. The molecule has 0 unspecified atom stereocenters. The molecule has 0 aromatic heterocycles. The maximum atomic E-state index is 2.45. The second kappa shape index (κ2) is 14.1. The first-order valence-electron chi connectivity index (χ1n) is 10.3. The van der Waals surface area contributed by atoms with Crippen molar-refractivity contribution < 1.29 is 0 Å². The molecule has 0 heteroatoms. The molecule has 1 rings (SSSR count). The lowest BCUT2D eigenvalue weighted by Crippen LogP contribution is -1.96. The number of hydrogen-bond donors (Lipinski definition) is 0. The number of unbranched alkanes of at least 4 members (excludes halogenated alkanes) is 10. The molecule has 0 aliphatic heterocycles. The summed E-state index contributed by atoms with van der Waals surface area (Å²) < 4.78 is 0. The van der Waals surface area contributed by atoms with E-state index in [4.69, 9.17) is 0 Å². The molecular weight excluding hydrogens is 264 g/mol. The fraction of sp³-hybridized carbons (Fsp3) is 0.818. The third-order valence-corrected chi connectivity index (χ3v) is 5.02. The summed E-state index contributed by atoms with van der Waals surface area (Å²) in [6.45, 7) is 4.60. The largest absolute Gasteiger partial charge is 0.0839 e. The summed E-state index contributed by atoms with van der Waals surface area (Å²) in [6.07, 6.45) is 27.2. The minimum atomic E-state index is 1.28. The Morgan fingerprint density at radius 2 is 1.23 bits per heavy atom. The highest BCUT2D eigenvalue weighted by atomic mass is 14.1. The van der Waals surface area contributed by atoms with Gasteiger partial charge in [-0.05, 0) is 44.1 Å². The summed E-state index contributed by atoms with van der Waals surface area (Å²) in [5.74, 6) is 0. The van der Waals surface area contributed by atoms with Gasteiger partial charge in [0, 0.05) is 0 Å². The second-order valence-electron chi connectivity index (χ2n) is 7.11. The first-order valence-corrected chi connectivity index (χ1v) is 10.3. The van der Waals surface area contributed by atoms with Crippen LogP contribution in [0.3, 0.4) is 0 Å². The molecule has 0 amide bonds. The van der Waals surface area contributed by atoms with E-state index in [1.165, 1.54) is 103 Å². The predicted molar refractivity (Wildman–Crippen MR) is 101 cm³/mol. The molecule has 0 aromatic carbocycles. The average molecular weight is 305 g/mol. The van der Waals surface area contributed by atoms with Crippen LogP contribution < -0.4 is 0 Å². The SMILES string of the molecule is CCCCCCCCC1=C(CCCCCCCC)CCC=C1. The summed E-state index contributed by atoms with van der Waals surface area (Å²) in [7, 11) is 0. The normalized spacial score (nSPS) is 14.8. The molecule has 0 saturated carbocycles. The Kier molecular flexibility index (Phi) is 12.5. The van der Waals surface area contributed by atoms with Gasteiger partial charge in [0.05, 0.1) is 0 Å². The lowest BCUT2D eigenvalue weighted by molar-refractivity contribution is 0.593. The van der Waals surface area contributed by atoms with Crippen molar-refractivity contribution in [1.29, 1.82) is 0 Å². The second-order valence-corrected chi connectivity index (χ2v) is 7.11. The van der Waals surface area contributed by atoms with E-state index in [9.17, 15) is 0 Å². The Morgan fingerprint density at radius 3 is 1.86 bits per heavy atom. The van der Waals surface area contributed by atoms with Gasteiger partial charge in [-0.25, -0.2) is 0 Å². The van der Waals surface area contributed by atoms with Gasteiger partial charge in [0.15, 0.2) is 0 Å². The minimum Gasteiger partial charge on any atom is -0.0839 e. The molecule has 0 N–H and O–H groups in total. The van der Waals surface area contributed by atoms with Crippen LogP contribution >= 0.6 is 0 Å². The third kappa shape index (κ3) is 9.49. The Labute approximate surface area is 140 Å². The van der Waals surface area contributed by atoms with Crippen LogP contribution in [0.5, 0.6) is 0 Å². The number of hydrogen-bond acceptors (Lipinski definition) is 0. The van der Waals surface area contributed by atoms with Gasteiger partial charge < -0.3 is 0 Å². The van der Waals surface area contributed by atoms with E-state index in [-0.39, 0.29) is 0 Å². The van der Waals surface area contributed by atoms with Crippen LogP contribution in [-0.2, 0) is 0 Å². The van der Waals surface area contributed by atoms with Crippen LogP contribution in [0.1, 0.15) is 117 Å². The number of allylic oxidation sites excluding steroid dienone is 4. The topological polar surface area (TPSA) is 0 Å². The molecule has 1 aliphatic carbocycles. The summed E-state index contributed by atoms with van der Waals surface area (Å²) >= 11 is 0. The van der Waals surface area contributed by atoms with Gasteiger partial charge in [-0.1, -0.05) is 95.8 Å². The number of rotatable bonds is 14. The first kappa shape index (κ1) is 19.5. The fourth-order valence-corrected chi connectivity index (χ4v) is 3.52. The highest BCUT2D eigenvalue weighted by Crippen LogP contribution is 2.28. The lowest BCUT2D eigenvalue weighted by atomic mass is 9.90. The van der Waals surface area contributed by atoms with Crippen LogP contribution in [0.25, 0.3) is 0 Å². The van der Waals surface area contributed by atoms with Crippen molar-refractivity contribution in [2.45, 2.75) is 117 Å². The van der Waals surface area contributed by atoms with Gasteiger partial charge in [-0.2, -0.15) is 0 Å². The summed E-state index contributed by atoms with van der Waals surface area (Å²) in [5, 5.41) is 0. The summed E-state index contributed by atoms with van der Waals surface area (Å²) in [6, 6.07) is 0. The molecule has 128 valence electrons. The maximum Gasteiger partial charge on any atom is -0.0279 e. The van der Waals surface area contributed by atoms with E-state index in [1.54, 1.807) is 11.1 Å². The van der Waals surface area contributed by atoms with Crippen molar-refractivity contribution in [2.75, 3.05) is 0 Å². The van der Waals surface area contributed by atoms with Crippen LogP contribution in [0.4, 0.5) is 0 Å². The Balaban J connectivity index is 2.18. The van der Waals surface area contributed by atoms with Crippen molar-refractivity contribution in [3.05, 3.63) is 23.3 Å². The molecule has 1 aliphatic rings. The molecule has 0 spiro atoms. The van der Waals surface area contributed by atoms with Crippen molar-refractivity contribution in [3.63, 3.8) is 0 Å². The third-order valence-electron chi connectivity index (χ3n) is 5.02. The first-order chi connectivity index (χ1) is 10.9. The highest BCUT2D eigenvalue weighted by Gasteiger charge is 2.08. The molecule has 0 bridgehead atoms. The van der Waals surface area contributed by atoms with E-state index in [2.05, 4.69) is 26.0 Å². The van der Waals surface area contributed by atoms with E-state index in [1.807, 2.05) is 0 Å². The van der Waals surface area contributed by atoms with Gasteiger partial charge >= 0.3 is 0 Å². The fourth-order valence-electron chi connectivity index (χ4n) is 3.52. The van der Waals surface area contributed by atoms with Crippen LogP contribution in [0.15, 0.2) is 23.3 Å². The Hall–Kier alpha value is -0.520. The van der Waals surface area contributed by atoms with E-state index in [0.717, 1.165) is 0 Å². The van der Waals surface area contributed by atoms with Crippen LogP contribution in [-0.4, -0.2) is 0 Å². The molecule has 0 saturated heterocycles. The zero-order valence-corrected chi connectivity index (χ0v) is 15.5. The zero-order chi connectivity index (χ0) is 15.9. The van der Waals surface area contributed by atoms with Gasteiger partial charge in [-0.15, -0.1) is 0 Å². The van der Waals surface area contributed by atoms with Crippen molar-refractivity contribution in [2.24, 2.45) is 0 Å². The summed E-state index contributed by atoms with van der Waals surface area (Å²) in [5.41, 5.74) is 3.50. The van der Waals surface area contributed by atoms with Crippen LogP contribution in [0.2, 0.25) is 0 Å². The maximum absolute atomic E-state index is 2.45. The van der Waals surface area contributed by atoms with E-state index >= 15 is 0 Å². The standard InChI is InChI=1S/C22H40/c1-3-5-7-9-11-13-17-21-19-15-16-20-22(21)18-14-12-10-8-6-4-2/h15,19H,3-14,16-18,20H2,1-2H3. The van der Waals surface area contributed by atoms with Crippen molar-refractivity contribution in [3.8, 4) is 0 Å². The Bertz CT molecular complexity index is 308. The van der Waals surface area contributed by atoms with Gasteiger partial charge in [-0.3, -0.25) is 0 Å². The van der Waals surface area contributed by atoms with E-state index < -0.39 is 0 Å². The van der Waals surface area contributed by atoms with Gasteiger partial charge in [0.1, 0.15) is 0 Å². The Morgan fingerprint density at radius 1 is 0.682 bits per heavy atom. The molecular formula is C22H40. The lowest BCUT2D eigenvalue weighted by Gasteiger charge is -2.16.